The van der Waals surface area contributed by atoms with E-state index in [1.807, 2.05) is 0 Å². The molecule has 9 nitrogen and oxygen atoms in total. The van der Waals surface area contributed by atoms with E-state index in [2.05, 4.69) is 10.3 Å². The fourth-order valence-corrected chi connectivity index (χ4v) is 2.49. The summed E-state index contributed by atoms with van der Waals surface area (Å²) >= 11 is 1.10. The lowest BCUT2D eigenvalue weighted by atomic mass is 9.85. The van der Waals surface area contributed by atoms with E-state index in [1.165, 1.54) is 10.3 Å². The summed E-state index contributed by atoms with van der Waals surface area (Å²) < 4.78 is 15.3. The molecule has 1 N–H and O–H groups in total. The van der Waals surface area contributed by atoms with Crippen LogP contribution in [0.25, 0.3) is 0 Å². The Morgan fingerprint density at radius 2 is 1.92 bits per heavy atom. The number of aromatic nitrogens is 1. The summed E-state index contributed by atoms with van der Waals surface area (Å²) in [5.41, 5.74) is -0.418. The van der Waals surface area contributed by atoms with Gasteiger partial charge in [-0.25, -0.2) is 9.78 Å². The van der Waals surface area contributed by atoms with Gasteiger partial charge in [0.05, 0.1) is 13.1 Å². The molecule has 11 heteroatoms. The van der Waals surface area contributed by atoms with Crippen molar-refractivity contribution in [1.29, 1.82) is 0 Å². The normalized spacial score (nSPS) is 16.8. The van der Waals surface area contributed by atoms with E-state index in [9.17, 15) is 14.4 Å². The van der Waals surface area contributed by atoms with Crippen molar-refractivity contribution in [2.45, 2.75) is 26.4 Å². The lowest BCUT2D eigenvalue weighted by molar-refractivity contribution is -0.145. The number of likely N-dealkylation sites (N-methyl/N-ethyl adjacent to an activating group) is 1. The Labute approximate surface area is 143 Å². The van der Waals surface area contributed by atoms with Crippen LogP contribution in [0, 0.1) is 0 Å². The SMILES string of the molecule is CN1CC(=O)OB(c2csc(NC(=O)OC(C)(C)C)n2)OC(=O)C1. The van der Waals surface area contributed by atoms with Gasteiger partial charge in [-0.05, 0) is 27.8 Å². The summed E-state index contributed by atoms with van der Waals surface area (Å²) in [6, 6.07) is 0. The molecule has 24 heavy (non-hydrogen) atoms. The minimum Gasteiger partial charge on any atom is -0.493 e. The van der Waals surface area contributed by atoms with Crippen molar-refractivity contribution in [2.75, 3.05) is 25.5 Å². The van der Waals surface area contributed by atoms with Gasteiger partial charge < -0.3 is 14.0 Å². The molecular formula is C13H18BN3O6S. The van der Waals surface area contributed by atoms with Gasteiger partial charge in [-0.3, -0.25) is 19.8 Å². The van der Waals surface area contributed by atoms with Crippen molar-refractivity contribution in [3.8, 4) is 0 Å². The van der Waals surface area contributed by atoms with Crippen molar-refractivity contribution in [1.82, 2.24) is 9.88 Å². The van der Waals surface area contributed by atoms with Crippen LogP contribution < -0.4 is 10.9 Å². The second kappa shape index (κ2) is 7.18. The smallest absolute Gasteiger partial charge is 0.493 e. The zero-order valence-corrected chi connectivity index (χ0v) is 14.6. The molecular weight excluding hydrogens is 337 g/mol. The zero-order chi connectivity index (χ0) is 17.9. The highest BCUT2D eigenvalue weighted by molar-refractivity contribution is 7.14. The quantitative estimate of drug-likeness (QED) is 0.751. The number of rotatable bonds is 2. The van der Waals surface area contributed by atoms with Crippen LogP contribution in [0.3, 0.4) is 0 Å². The molecule has 130 valence electrons. The highest BCUT2D eigenvalue weighted by Gasteiger charge is 2.36. The van der Waals surface area contributed by atoms with Gasteiger partial charge in [0, 0.05) is 5.38 Å². The molecule has 1 amide bonds. The number of nitrogens with zero attached hydrogens (tertiary/aromatic N) is 2. The predicted molar refractivity (Wildman–Crippen MR) is 87.0 cm³/mol. The molecule has 2 heterocycles. The van der Waals surface area contributed by atoms with Gasteiger partial charge in [0.15, 0.2) is 5.13 Å². The van der Waals surface area contributed by atoms with E-state index in [0.29, 0.717) is 0 Å². The standard InChI is InChI=1S/C13H18BN3O6S/c1-13(2,3)21-12(20)16-11-15-8(7-24-11)14-22-9(18)5-17(4)6-10(19)23-14/h7H,5-6H2,1-4H3,(H,15,16,20). The Bertz CT molecular complexity index is 624. The molecule has 1 aliphatic rings. The minimum absolute atomic E-state index is 0.0290. The Hall–Kier alpha value is -2.14. The number of hydrogen-bond acceptors (Lipinski definition) is 9. The van der Waals surface area contributed by atoms with Crippen LogP contribution in [0.15, 0.2) is 5.38 Å². The van der Waals surface area contributed by atoms with Gasteiger partial charge in [-0.15, -0.1) is 11.3 Å². The van der Waals surface area contributed by atoms with Crippen LogP contribution in [0.4, 0.5) is 9.93 Å². The molecule has 1 aromatic rings. The second-order valence-electron chi connectivity index (χ2n) is 6.19. The summed E-state index contributed by atoms with van der Waals surface area (Å²) in [4.78, 5) is 40.7. The lowest BCUT2D eigenvalue weighted by Crippen LogP contribution is -2.48. The van der Waals surface area contributed by atoms with Crippen molar-refractivity contribution >= 4 is 47.2 Å². The molecule has 0 atom stereocenters. The van der Waals surface area contributed by atoms with Gasteiger partial charge in [0.25, 0.3) is 0 Å². The molecule has 1 saturated heterocycles. The third-order valence-electron chi connectivity index (χ3n) is 2.65. The molecule has 0 saturated carbocycles. The summed E-state index contributed by atoms with van der Waals surface area (Å²) in [5, 5.41) is 4.24. The minimum atomic E-state index is -1.23. The highest BCUT2D eigenvalue weighted by atomic mass is 32.1. The zero-order valence-electron chi connectivity index (χ0n) is 13.8. The third kappa shape index (κ3) is 5.50. The van der Waals surface area contributed by atoms with Crippen molar-refractivity contribution < 1.29 is 28.4 Å². The van der Waals surface area contributed by atoms with Crippen LogP contribution >= 0.6 is 11.3 Å². The predicted octanol–water partition coefficient (Wildman–Crippen LogP) is 0.217. The number of amides is 1. The Balaban J connectivity index is 2.04. The summed E-state index contributed by atoms with van der Waals surface area (Å²) in [7, 11) is 0.373. The number of carbonyl (C=O) groups excluding carboxylic acids is 3. The molecule has 1 aromatic heterocycles. The van der Waals surface area contributed by atoms with E-state index in [0.717, 1.165) is 11.3 Å². The van der Waals surface area contributed by atoms with Gasteiger partial charge in [0.1, 0.15) is 11.2 Å². The first-order valence-electron chi connectivity index (χ1n) is 7.15. The van der Waals surface area contributed by atoms with Gasteiger partial charge in [-0.2, -0.15) is 0 Å². The number of nitrogens with one attached hydrogen (secondary N) is 1. The summed E-state index contributed by atoms with van der Waals surface area (Å²) in [6.45, 7) is 5.16. The first-order chi connectivity index (χ1) is 11.1. The Morgan fingerprint density at radius 3 is 2.46 bits per heavy atom. The topological polar surface area (TPSA) is 107 Å². The second-order valence-corrected chi connectivity index (χ2v) is 7.05. The monoisotopic (exact) mass is 355 g/mol. The molecule has 0 spiro atoms. The van der Waals surface area contributed by atoms with E-state index in [4.69, 9.17) is 14.0 Å². The van der Waals surface area contributed by atoms with Crippen LogP contribution in [0.2, 0.25) is 0 Å². The first-order valence-corrected chi connectivity index (χ1v) is 8.03. The van der Waals surface area contributed by atoms with Crippen LogP contribution in [0.5, 0.6) is 0 Å². The van der Waals surface area contributed by atoms with Crippen LogP contribution in [-0.2, 0) is 23.6 Å². The molecule has 1 aliphatic heterocycles. The van der Waals surface area contributed by atoms with Crippen LogP contribution in [0.1, 0.15) is 20.8 Å². The molecule has 0 unspecified atom stereocenters. The molecule has 1 fully saturated rings. The highest BCUT2D eigenvalue weighted by Crippen LogP contribution is 2.14. The van der Waals surface area contributed by atoms with E-state index < -0.39 is 30.8 Å². The number of hydrogen-bond donors (Lipinski definition) is 1. The third-order valence-corrected chi connectivity index (χ3v) is 3.42. The number of ether oxygens (including phenoxy) is 1. The Morgan fingerprint density at radius 1 is 1.33 bits per heavy atom. The average molecular weight is 355 g/mol. The molecule has 2 rings (SSSR count). The number of carbonyl (C=O) groups is 3. The van der Waals surface area contributed by atoms with E-state index in [-0.39, 0.29) is 23.8 Å². The summed E-state index contributed by atoms with van der Waals surface area (Å²) in [5.74, 6) is -1.07. The van der Waals surface area contributed by atoms with Crippen molar-refractivity contribution in [3.63, 3.8) is 0 Å². The summed E-state index contributed by atoms with van der Waals surface area (Å²) in [6.07, 6.45) is -0.656. The molecule has 0 aliphatic carbocycles. The molecule has 0 bridgehead atoms. The molecule has 0 radical (unpaired) electrons. The van der Waals surface area contributed by atoms with E-state index in [1.54, 1.807) is 27.8 Å². The first kappa shape index (κ1) is 18.2. The van der Waals surface area contributed by atoms with Crippen LogP contribution in [-0.4, -0.2) is 60.8 Å². The van der Waals surface area contributed by atoms with Crippen molar-refractivity contribution in [3.05, 3.63) is 5.38 Å². The Kier molecular flexibility index (Phi) is 5.45. The average Bonchev–Trinajstić information content (AvgIpc) is 2.81. The molecule has 0 aromatic carbocycles. The fraction of sp³-hybridized carbons (Fsp3) is 0.538. The van der Waals surface area contributed by atoms with Gasteiger partial charge in [0.2, 0.25) is 0 Å². The van der Waals surface area contributed by atoms with E-state index >= 15 is 0 Å². The van der Waals surface area contributed by atoms with Gasteiger partial charge >= 0.3 is 25.2 Å². The van der Waals surface area contributed by atoms with Crippen molar-refractivity contribution in [2.24, 2.45) is 0 Å². The number of anilines is 1. The largest absolute Gasteiger partial charge is 0.657 e. The maximum absolute atomic E-state index is 11.7. The van der Waals surface area contributed by atoms with Gasteiger partial charge in [-0.1, -0.05) is 0 Å². The fourth-order valence-electron chi connectivity index (χ4n) is 1.80. The lowest BCUT2D eigenvalue weighted by Gasteiger charge is -2.21. The maximum Gasteiger partial charge on any atom is 0.657 e. The maximum atomic E-state index is 11.7. The number of thiazole rings is 1.